The minimum Gasteiger partial charge on any atom is -0.362 e. The third kappa shape index (κ3) is 3.13. The molecule has 2 aromatic rings. The lowest BCUT2D eigenvalue weighted by molar-refractivity contribution is 0.521. The van der Waals surface area contributed by atoms with Crippen molar-refractivity contribution in [2.24, 2.45) is 9.98 Å². The molecule has 1 heterocycles. The fourth-order valence-electron chi connectivity index (χ4n) is 3.04. The maximum absolute atomic E-state index is 13.4. The second kappa shape index (κ2) is 6.69. The molecule has 0 saturated carbocycles. The van der Waals surface area contributed by atoms with Crippen molar-refractivity contribution in [1.29, 1.82) is 0 Å². The summed E-state index contributed by atoms with van der Waals surface area (Å²) < 4.78 is 13.4. The molecule has 0 amide bonds. The number of amidine groups is 1. The SMILES string of the molecule is C=Nc1cccnc1C(=NC)NC1CCCc2cc(F)ccc21. The number of halogens is 1. The van der Waals surface area contributed by atoms with Gasteiger partial charge in [-0.05, 0) is 61.4 Å². The first-order valence-electron chi connectivity index (χ1n) is 7.66. The number of rotatable bonds is 3. The van der Waals surface area contributed by atoms with Crippen LogP contribution >= 0.6 is 0 Å². The average molecular weight is 310 g/mol. The molecule has 1 N–H and O–H groups in total. The molecule has 0 aliphatic heterocycles. The lowest BCUT2D eigenvalue weighted by atomic mass is 9.87. The first-order chi connectivity index (χ1) is 11.2. The minimum absolute atomic E-state index is 0.0951. The largest absolute Gasteiger partial charge is 0.362 e. The highest BCUT2D eigenvalue weighted by molar-refractivity contribution is 6.01. The van der Waals surface area contributed by atoms with Gasteiger partial charge in [0.2, 0.25) is 0 Å². The Morgan fingerprint density at radius 3 is 3.04 bits per heavy atom. The third-order valence-corrected chi connectivity index (χ3v) is 4.13. The Morgan fingerprint density at radius 2 is 2.26 bits per heavy atom. The van der Waals surface area contributed by atoms with Gasteiger partial charge in [0.25, 0.3) is 0 Å². The molecule has 1 aromatic carbocycles. The molecule has 1 aliphatic rings. The first kappa shape index (κ1) is 15.3. The predicted molar refractivity (Wildman–Crippen MR) is 91.1 cm³/mol. The van der Waals surface area contributed by atoms with Gasteiger partial charge in [-0.3, -0.25) is 15.0 Å². The second-order valence-electron chi connectivity index (χ2n) is 5.53. The Kier molecular flexibility index (Phi) is 4.46. The van der Waals surface area contributed by atoms with E-state index in [0.717, 1.165) is 30.4 Å². The third-order valence-electron chi connectivity index (χ3n) is 4.13. The Hall–Kier alpha value is -2.56. The number of aromatic nitrogens is 1. The highest BCUT2D eigenvalue weighted by Crippen LogP contribution is 2.30. The number of pyridine rings is 1. The summed E-state index contributed by atoms with van der Waals surface area (Å²) in [5.74, 6) is 0.492. The van der Waals surface area contributed by atoms with Gasteiger partial charge in [-0.2, -0.15) is 0 Å². The summed E-state index contributed by atoms with van der Waals surface area (Å²) in [4.78, 5) is 12.7. The number of aryl methyl sites for hydroxylation is 1. The summed E-state index contributed by atoms with van der Waals surface area (Å²) in [6, 6.07) is 8.77. The average Bonchev–Trinajstić information content (AvgIpc) is 2.59. The van der Waals surface area contributed by atoms with Gasteiger partial charge in [0.05, 0.1) is 11.7 Å². The van der Waals surface area contributed by atoms with Crippen molar-refractivity contribution in [3.63, 3.8) is 0 Å². The molecular weight excluding hydrogens is 291 g/mol. The normalized spacial score (nSPS) is 17.5. The molecule has 3 rings (SSSR count). The monoisotopic (exact) mass is 310 g/mol. The fraction of sp³-hybridized carbons (Fsp3) is 0.278. The molecule has 23 heavy (non-hydrogen) atoms. The molecule has 1 unspecified atom stereocenters. The Morgan fingerprint density at radius 1 is 1.39 bits per heavy atom. The van der Waals surface area contributed by atoms with Crippen molar-refractivity contribution in [3.8, 4) is 0 Å². The van der Waals surface area contributed by atoms with Gasteiger partial charge >= 0.3 is 0 Å². The number of aliphatic imine (C=N–C) groups is 2. The van der Waals surface area contributed by atoms with E-state index in [1.807, 2.05) is 18.2 Å². The van der Waals surface area contributed by atoms with Crippen molar-refractivity contribution in [3.05, 3.63) is 59.2 Å². The molecule has 0 fully saturated rings. The maximum atomic E-state index is 13.4. The van der Waals surface area contributed by atoms with Crippen molar-refractivity contribution >= 4 is 18.2 Å². The van der Waals surface area contributed by atoms with Crippen LogP contribution in [0.1, 0.15) is 35.7 Å². The van der Waals surface area contributed by atoms with Crippen molar-refractivity contribution in [2.75, 3.05) is 7.05 Å². The zero-order chi connectivity index (χ0) is 16.2. The topological polar surface area (TPSA) is 49.6 Å². The summed E-state index contributed by atoms with van der Waals surface area (Å²) in [6.45, 7) is 3.59. The summed E-state index contributed by atoms with van der Waals surface area (Å²) >= 11 is 0. The van der Waals surface area contributed by atoms with Gasteiger partial charge < -0.3 is 5.32 Å². The van der Waals surface area contributed by atoms with Gasteiger partial charge in [0.15, 0.2) is 0 Å². The predicted octanol–water partition coefficient (Wildman–Crippen LogP) is 3.60. The molecule has 1 atom stereocenters. The van der Waals surface area contributed by atoms with E-state index in [1.54, 1.807) is 19.3 Å². The maximum Gasteiger partial charge on any atom is 0.149 e. The molecule has 0 bridgehead atoms. The highest BCUT2D eigenvalue weighted by Gasteiger charge is 2.22. The van der Waals surface area contributed by atoms with E-state index in [4.69, 9.17) is 0 Å². The van der Waals surface area contributed by atoms with E-state index in [0.29, 0.717) is 17.2 Å². The zero-order valence-corrected chi connectivity index (χ0v) is 13.1. The van der Waals surface area contributed by atoms with Crippen molar-refractivity contribution < 1.29 is 4.39 Å². The van der Waals surface area contributed by atoms with Gasteiger partial charge in [-0.15, -0.1) is 0 Å². The number of benzene rings is 1. The van der Waals surface area contributed by atoms with Gasteiger partial charge in [0.1, 0.15) is 17.3 Å². The fourth-order valence-corrected chi connectivity index (χ4v) is 3.04. The van der Waals surface area contributed by atoms with E-state index in [1.165, 1.54) is 6.07 Å². The molecule has 4 nitrogen and oxygen atoms in total. The van der Waals surface area contributed by atoms with E-state index < -0.39 is 0 Å². The van der Waals surface area contributed by atoms with Crippen LogP contribution in [0.5, 0.6) is 0 Å². The summed E-state index contributed by atoms with van der Waals surface area (Å²) in [5, 5.41) is 3.45. The van der Waals surface area contributed by atoms with Crippen LogP contribution in [0, 0.1) is 5.82 Å². The van der Waals surface area contributed by atoms with E-state index in [-0.39, 0.29) is 11.9 Å². The van der Waals surface area contributed by atoms with Gasteiger partial charge in [0, 0.05) is 13.2 Å². The van der Waals surface area contributed by atoms with Crippen LogP contribution in [0.4, 0.5) is 10.1 Å². The lowest BCUT2D eigenvalue weighted by Gasteiger charge is -2.27. The van der Waals surface area contributed by atoms with Crippen LogP contribution in [0.25, 0.3) is 0 Å². The lowest BCUT2D eigenvalue weighted by Crippen LogP contribution is -2.32. The summed E-state index contributed by atoms with van der Waals surface area (Å²) in [7, 11) is 1.72. The van der Waals surface area contributed by atoms with Gasteiger partial charge in [-0.25, -0.2) is 4.39 Å². The van der Waals surface area contributed by atoms with E-state index >= 15 is 0 Å². The Labute approximate surface area is 135 Å². The molecule has 0 saturated heterocycles. The van der Waals surface area contributed by atoms with Gasteiger partial charge in [-0.1, -0.05) is 6.07 Å². The van der Waals surface area contributed by atoms with Crippen molar-refractivity contribution in [1.82, 2.24) is 10.3 Å². The Balaban J connectivity index is 1.91. The van der Waals surface area contributed by atoms with Crippen LogP contribution in [-0.2, 0) is 6.42 Å². The first-order valence-corrected chi connectivity index (χ1v) is 7.66. The van der Waals surface area contributed by atoms with Crippen LogP contribution in [0.3, 0.4) is 0 Å². The molecular formula is C18H19FN4. The number of hydrogen-bond donors (Lipinski definition) is 1. The van der Waals surface area contributed by atoms with Crippen LogP contribution in [0.2, 0.25) is 0 Å². The molecule has 5 heteroatoms. The number of nitrogens with one attached hydrogen (secondary N) is 1. The molecule has 118 valence electrons. The molecule has 1 aliphatic carbocycles. The van der Waals surface area contributed by atoms with E-state index in [2.05, 4.69) is 27.0 Å². The molecule has 0 spiro atoms. The second-order valence-corrected chi connectivity index (χ2v) is 5.53. The van der Waals surface area contributed by atoms with Crippen molar-refractivity contribution in [2.45, 2.75) is 25.3 Å². The highest BCUT2D eigenvalue weighted by atomic mass is 19.1. The quantitative estimate of drug-likeness (QED) is 0.695. The standard InChI is InChI=1S/C18H19FN4/c1-20-16-7-4-10-22-17(16)18(21-2)23-15-6-3-5-12-11-13(19)8-9-14(12)15/h4,7-11,15H,1,3,5-6H2,2H3,(H,21,23). The Bertz CT molecular complexity index is 754. The van der Waals surface area contributed by atoms with Crippen LogP contribution in [0.15, 0.2) is 46.5 Å². The summed E-state index contributed by atoms with van der Waals surface area (Å²) in [5.41, 5.74) is 3.56. The number of hydrogen-bond acceptors (Lipinski definition) is 3. The number of fused-ring (bicyclic) bond motifs is 1. The van der Waals surface area contributed by atoms with Crippen LogP contribution in [-0.4, -0.2) is 24.6 Å². The zero-order valence-electron chi connectivity index (χ0n) is 13.1. The van der Waals surface area contributed by atoms with Crippen LogP contribution < -0.4 is 5.32 Å². The minimum atomic E-state index is -0.184. The summed E-state index contributed by atoms with van der Waals surface area (Å²) in [6.07, 6.45) is 4.61. The van der Waals surface area contributed by atoms with E-state index in [9.17, 15) is 4.39 Å². The molecule has 0 radical (unpaired) electrons. The smallest absolute Gasteiger partial charge is 0.149 e. The number of nitrogens with zero attached hydrogens (tertiary/aromatic N) is 3. The molecule has 1 aromatic heterocycles.